The second-order valence-corrected chi connectivity index (χ2v) is 4.74. The van der Waals surface area contributed by atoms with Gasteiger partial charge in [0.2, 0.25) is 0 Å². The van der Waals surface area contributed by atoms with E-state index in [1.54, 1.807) is 11.3 Å². The Kier molecular flexibility index (Phi) is 1.91. The Labute approximate surface area is 77.0 Å². The summed E-state index contributed by atoms with van der Waals surface area (Å²) in [6.45, 7) is 4.58. The molecule has 2 nitrogen and oxygen atoms in total. The first kappa shape index (κ1) is 8.17. The minimum Gasteiger partial charge on any atom is -0.147 e. The van der Waals surface area contributed by atoms with Gasteiger partial charge in [-0.3, -0.25) is 0 Å². The molecule has 0 atom stereocenters. The van der Waals surface area contributed by atoms with Crippen LogP contribution in [0.15, 0.2) is 5.51 Å². The lowest BCUT2D eigenvalue weighted by Crippen LogP contribution is -2.39. The van der Waals surface area contributed by atoms with Gasteiger partial charge in [0.25, 0.3) is 0 Å². The third-order valence-electron chi connectivity index (χ3n) is 3.14. The Morgan fingerprint density at radius 1 is 1.50 bits per heavy atom. The molecule has 1 aromatic rings. The van der Waals surface area contributed by atoms with Gasteiger partial charge in [0, 0.05) is 5.41 Å². The Morgan fingerprint density at radius 3 is 2.58 bits per heavy atom. The minimum absolute atomic E-state index is 0.390. The largest absolute Gasteiger partial charge is 0.147 e. The van der Waals surface area contributed by atoms with Crippen molar-refractivity contribution in [2.45, 2.75) is 38.5 Å². The molecule has 3 heteroatoms. The SMILES string of the molecule is CC(C)C1(c2nncs2)CCC1. The zero-order valence-electron chi connectivity index (χ0n) is 7.58. The zero-order valence-corrected chi connectivity index (χ0v) is 8.40. The van der Waals surface area contributed by atoms with Gasteiger partial charge in [-0.1, -0.05) is 20.3 Å². The lowest BCUT2D eigenvalue weighted by molar-refractivity contribution is 0.167. The summed E-state index contributed by atoms with van der Waals surface area (Å²) in [6.07, 6.45) is 3.97. The van der Waals surface area contributed by atoms with Gasteiger partial charge in [-0.2, -0.15) is 0 Å². The van der Waals surface area contributed by atoms with Gasteiger partial charge in [-0.25, -0.2) is 0 Å². The Bertz CT molecular complexity index is 250. The third-order valence-corrected chi connectivity index (χ3v) is 4.05. The maximum Gasteiger partial charge on any atom is 0.123 e. The van der Waals surface area contributed by atoms with E-state index in [0.29, 0.717) is 11.3 Å². The molecular weight excluding hydrogens is 168 g/mol. The molecule has 66 valence electrons. The van der Waals surface area contributed by atoms with Crippen LogP contribution in [0.1, 0.15) is 38.1 Å². The van der Waals surface area contributed by atoms with E-state index in [1.807, 2.05) is 5.51 Å². The van der Waals surface area contributed by atoms with E-state index in [0.717, 1.165) is 0 Å². The van der Waals surface area contributed by atoms with Crippen molar-refractivity contribution in [3.05, 3.63) is 10.5 Å². The maximum atomic E-state index is 4.20. The second-order valence-electron chi connectivity index (χ2n) is 3.91. The molecule has 2 rings (SSSR count). The lowest BCUT2D eigenvalue weighted by atomic mass is 9.62. The fourth-order valence-electron chi connectivity index (χ4n) is 1.99. The predicted molar refractivity (Wildman–Crippen MR) is 50.3 cm³/mol. The molecule has 12 heavy (non-hydrogen) atoms. The number of hydrogen-bond acceptors (Lipinski definition) is 3. The number of hydrogen-bond donors (Lipinski definition) is 0. The minimum atomic E-state index is 0.390. The van der Waals surface area contributed by atoms with E-state index < -0.39 is 0 Å². The number of aromatic nitrogens is 2. The summed E-state index contributed by atoms with van der Waals surface area (Å²) >= 11 is 1.71. The first-order valence-electron chi connectivity index (χ1n) is 4.52. The van der Waals surface area contributed by atoms with Crippen molar-refractivity contribution in [1.82, 2.24) is 10.2 Å². The monoisotopic (exact) mass is 182 g/mol. The number of nitrogens with zero attached hydrogens (tertiary/aromatic N) is 2. The molecule has 1 fully saturated rings. The summed E-state index contributed by atoms with van der Waals surface area (Å²) < 4.78 is 0. The van der Waals surface area contributed by atoms with E-state index in [4.69, 9.17) is 0 Å². The summed E-state index contributed by atoms with van der Waals surface area (Å²) in [7, 11) is 0. The predicted octanol–water partition coefficient (Wildman–Crippen LogP) is 2.62. The fraction of sp³-hybridized carbons (Fsp3) is 0.778. The van der Waals surface area contributed by atoms with E-state index in [9.17, 15) is 0 Å². The van der Waals surface area contributed by atoms with Crippen molar-refractivity contribution >= 4 is 11.3 Å². The van der Waals surface area contributed by atoms with Gasteiger partial charge < -0.3 is 0 Å². The summed E-state index contributed by atoms with van der Waals surface area (Å²) in [4.78, 5) is 0. The third kappa shape index (κ3) is 0.993. The van der Waals surface area contributed by atoms with Gasteiger partial charge in [0.15, 0.2) is 0 Å². The molecule has 0 unspecified atom stereocenters. The topological polar surface area (TPSA) is 25.8 Å². The van der Waals surface area contributed by atoms with Crippen molar-refractivity contribution in [2.75, 3.05) is 0 Å². The highest BCUT2D eigenvalue weighted by atomic mass is 32.1. The molecule has 1 aromatic heterocycles. The molecule has 0 spiro atoms. The normalized spacial score (nSPS) is 20.9. The highest BCUT2D eigenvalue weighted by Gasteiger charge is 2.43. The van der Waals surface area contributed by atoms with E-state index in [1.165, 1.54) is 24.3 Å². The lowest BCUT2D eigenvalue weighted by Gasteiger charge is -2.43. The molecule has 0 radical (unpaired) electrons. The number of rotatable bonds is 2. The van der Waals surface area contributed by atoms with Crippen molar-refractivity contribution < 1.29 is 0 Å². The quantitative estimate of drug-likeness (QED) is 0.702. The summed E-state index contributed by atoms with van der Waals surface area (Å²) in [5, 5.41) is 9.37. The van der Waals surface area contributed by atoms with Gasteiger partial charge in [0.1, 0.15) is 10.5 Å². The van der Waals surface area contributed by atoms with Crippen molar-refractivity contribution in [2.24, 2.45) is 5.92 Å². The maximum absolute atomic E-state index is 4.20. The first-order chi connectivity index (χ1) is 5.76. The van der Waals surface area contributed by atoms with Crippen LogP contribution in [0.4, 0.5) is 0 Å². The van der Waals surface area contributed by atoms with Crippen LogP contribution in [0.2, 0.25) is 0 Å². The Morgan fingerprint density at radius 2 is 2.25 bits per heavy atom. The highest BCUT2D eigenvalue weighted by molar-refractivity contribution is 7.09. The van der Waals surface area contributed by atoms with Crippen LogP contribution in [0.5, 0.6) is 0 Å². The van der Waals surface area contributed by atoms with Gasteiger partial charge >= 0.3 is 0 Å². The average molecular weight is 182 g/mol. The van der Waals surface area contributed by atoms with Gasteiger partial charge in [0.05, 0.1) is 0 Å². The van der Waals surface area contributed by atoms with Crippen LogP contribution >= 0.6 is 11.3 Å². The molecule has 1 aliphatic carbocycles. The van der Waals surface area contributed by atoms with Crippen LogP contribution in [0.25, 0.3) is 0 Å². The molecule has 1 heterocycles. The standard InChI is InChI=1S/C9H14N2S/c1-7(2)9(4-3-5-9)8-11-10-6-12-8/h6-7H,3-5H2,1-2H3. The molecular formula is C9H14N2S. The van der Waals surface area contributed by atoms with Gasteiger partial charge in [-0.15, -0.1) is 21.5 Å². The molecule has 0 N–H and O–H groups in total. The zero-order chi connectivity index (χ0) is 8.60. The van der Waals surface area contributed by atoms with Crippen LogP contribution in [-0.4, -0.2) is 10.2 Å². The average Bonchev–Trinajstić information content (AvgIpc) is 2.35. The van der Waals surface area contributed by atoms with E-state index >= 15 is 0 Å². The smallest absolute Gasteiger partial charge is 0.123 e. The second kappa shape index (κ2) is 2.80. The molecule has 0 aliphatic heterocycles. The molecule has 0 aromatic carbocycles. The Balaban J connectivity index is 2.29. The van der Waals surface area contributed by atoms with Crippen LogP contribution in [0, 0.1) is 5.92 Å². The summed E-state index contributed by atoms with van der Waals surface area (Å²) in [6, 6.07) is 0. The van der Waals surface area contributed by atoms with E-state index in [-0.39, 0.29) is 0 Å². The fourth-order valence-corrected chi connectivity index (χ4v) is 2.95. The van der Waals surface area contributed by atoms with Crippen LogP contribution in [0.3, 0.4) is 0 Å². The highest BCUT2D eigenvalue weighted by Crippen LogP contribution is 2.49. The van der Waals surface area contributed by atoms with E-state index in [2.05, 4.69) is 24.0 Å². The summed E-state index contributed by atoms with van der Waals surface area (Å²) in [5.74, 6) is 0.708. The van der Waals surface area contributed by atoms with Crippen LogP contribution < -0.4 is 0 Å². The molecule has 1 saturated carbocycles. The molecule has 0 bridgehead atoms. The van der Waals surface area contributed by atoms with Crippen molar-refractivity contribution in [3.63, 3.8) is 0 Å². The molecule has 0 amide bonds. The van der Waals surface area contributed by atoms with Crippen molar-refractivity contribution in [1.29, 1.82) is 0 Å². The van der Waals surface area contributed by atoms with Crippen molar-refractivity contribution in [3.8, 4) is 0 Å². The summed E-state index contributed by atoms with van der Waals surface area (Å²) in [5.41, 5.74) is 2.24. The first-order valence-corrected chi connectivity index (χ1v) is 5.40. The molecule has 1 aliphatic rings. The Hall–Kier alpha value is -0.440. The molecule has 0 saturated heterocycles. The van der Waals surface area contributed by atoms with Gasteiger partial charge in [-0.05, 0) is 18.8 Å². The van der Waals surface area contributed by atoms with Crippen LogP contribution in [-0.2, 0) is 5.41 Å².